The van der Waals surface area contributed by atoms with Crippen LogP contribution in [0.15, 0.2) is 47.4 Å². The molecule has 2 aliphatic heterocycles. The SMILES string of the molecule is COc1ccc(S(=O)(=O)NCc2cccc(CN3CCCCC3)c2)cc1N1CCCC1=O. The van der Waals surface area contributed by atoms with Crippen LogP contribution in [0.25, 0.3) is 0 Å². The molecule has 2 heterocycles. The summed E-state index contributed by atoms with van der Waals surface area (Å²) >= 11 is 0. The van der Waals surface area contributed by atoms with Gasteiger partial charge in [0.25, 0.3) is 0 Å². The molecular weight excluding hydrogens is 426 g/mol. The Kier molecular flexibility index (Phi) is 7.13. The molecule has 2 aromatic rings. The van der Waals surface area contributed by atoms with Crippen molar-refractivity contribution in [2.75, 3.05) is 31.6 Å². The minimum absolute atomic E-state index is 0.0173. The molecule has 0 aromatic heterocycles. The molecule has 7 nitrogen and oxygen atoms in total. The number of nitrogens with one attached hydrogen (secondary N) is 1. The zero-order valence-electron chi connectivity index (χ0n) is 18.5. The zero-order chi connectivity index (χ0) is 22.6. The van der Waals surface area contributed by atoms with Crippen LogP contribution in [-0.2, 0) is 27.9 Å². The fourth-order valence-electron chi connectivity index (χ4n) is 4.43. The lowest BCUT2D eigenvalue weighted by molar-refractivity contribution is -0.117. The van der Waals surface area contributed by atoms with Gasteiger partial charge in [-0.15, -0.1) is 0 Å². The Morgan fingerprint density at radius 3 is 2.47 bits per heavy atom. The number of hydrogen-bond acceptors (Lipinski definition) is 5. The molecule has 8 heteroatoms. The van der Waals surface area contributed by atoms with E-state index in [1.807, 2.05) is 12.1 Å². The van der Waals surface area contributed by atoms with Gasteiger partial charge in [0.05, 0.1) is 17.7 Å². The Morgan fingerprint density at radius 1 is 0.969 bits per heavy atom. The Morgan fingerprint density at radius 2 is 1.75 bits per heavy atom. The van der Waals surface area contributed by atoms with E-state index in [1.165, 1.54) is 44.1 Å². The molecule has 4 rings (SSSR count). The minimum atomic E-state index is -3.75. The first kappa shape index (κ1) is 22.8. The first-order valence-corrected chi connectivity index (χ1v) is 12.7. The number of hydrogen-bond donors (Lipinski definition) is 1. The number of anilines is 1. The van der Waals surface area contributed by atoms with E-state index < -0.39 is 10.0 Å². The standard InChI is InChI=1S/C24H31N3O4S/c1-31-23-11-10-21(16-22(23)27-14-6-9-24(27)28)32(29,30)25-17-19-7-5-8-20(15-19)18-26-12-3-2-4-13-26/h5,7-8,10-11,15-16,25H,2-4,6,9,12-14,17-18H2,1H3. The summed E-state index contributed by atoms with van der Waals surface area (Å²) in [4.78, 5) is 16.4. The van der Waals surface area contributed by atoms with E-state index in [4.69, 9.17) is 4.74 Å². The number of carbonyl (C=O) groups is 1. The van der Waals surface area contributed by atoms with Crippen LogP contribution < -0.4 is 14.4 Å². The predicted octanol–water partition coefficient (Wildman–Crippen LogP) is 3.29. The number of methoxy groups -OCH3 is 1. The molecule has 0 radical (unpaired) electrons. The highest BCUT2D eigenvalue weighted by Gasteiger charge is 2.26. The third kappa shape index (κ3) is 5.31. The average Bonchev–Trinajstić information content (AvgIpc) is 3.24. The van der Waals surface area contributed by atoms with E-state index in [1.54, 1.807) is 11.0 Å². The highest BCUT2D eigenvalue weighted by atomic mass is 32.2. The van der Waals surface area contributed by atoms with Crippen LogP contribution in [-0.4, -0.2) is 46.0 Å². The van der Waals surface area contributed by atoms with Crippen LogP contribution in [0.3, 0.4) is 0 Å². The van der Waals surface area contributed by atoms with Crippen molar-refractivity contribution < 1.29 is 17.9 Å². The zero-order valence-corrected chi connectivity index (χ0v) is 19.4. The highest BCUT2D eigenvalue weighted by Crippen LogP contribution is 2.33. The molecule has 2 fully saturated rings. The predicted molar refractivity (Wildman–Crippen MR) is 124 cm³/mol. The van der Waals surface area contributed by atoms with Crippen molar-refractivity contribution in [3.05, 3.63) is 53.6 Å². The van der Waals surface area contributed by atoms with Crippen LogP contribution in [0.1, 0.15) is 43.2 Å². The average molecular weight is 458 g/mol. The number of ether oxygens (including phenoxy) is 1. The van der Waals surface area contributed by atoms with Gasteiger partial charge in [-0.3, -0.25) is 9.69 Å². The van der Waals surface area contributed by atoms with Gasteiger partial charge in [-0.1, -0.05) is 30.7 Å². The number of nitrogens with zero attached hydrogens (tertiary/aromatic N) is 2. The summed E-state index contributed by atoms with van der Waals surface area (Å²) in [5.41, 5.74) is 2.62. The Labute approximate surface area is 190 Å². The number of benzene rings is 2. The number of likely N-dealkylation sites (tertiary alicyclic amines) is 1. The molecule has 0 aliphatic carbocycles. The summed E-state index contributed by atoms with van der Waals surface area (Å²) in [5.74, 6) is 0.473. The van der Waals surface area contributed by atoms with Crippen LogP contribution >= 0.6 is 0 Å². The van der Waals surface area contributed by atoms with Crippen molar-refractivity contribution in [1.29, 1.82) is 0 Å². The number of amides is 1. The van der Waals surface area contributed by atoms with Crippen LogP contribution in [0.2, 0.25) is 0 Å². The largest absolute Gasteiger partial charge is 0.495 e. The minimum Gasteiger partial charge on any atom is -0.495 e. The fraction of sp³-hybridized carbons (Fsp3) is 0.458. The maximum Gasteiger partial charge on any atom is 0.240 e. The number of rotatable bonds is 8. The normalized spacial score (nSPS) is 17.7. The lowest BCUT2D eigenvalue weighted by Gasteiger charge is -2.26. The van der Waals surface area contributed by atoms with Gasteiger partial charge in [0.15, 0.2) is 0 Å². The van der Waals surface area contributed by atoms with Gasteiger partial charge >= 0.3 is 0 Å². The van der Waals surface area contributed by atoms with E-state index >= 15 is 0 Å². The summed E-state index contributed by atoms with van der Waals surface area (Å²) in [6.45, 7) is 3.91. The van der Waals surface area contributed by atoms with Crippen molar-refractivity contribution in [2.45, 2.75) is 50.1 Å². The molecule has 2 aliphatic rings. The summed E-state index contributed by atoms with van der Waals surface area (Å²) in [5, 5.41) is 0. The van der Waals surface area contributed by atoms with Gasteiger partial charge in [-0.2, -0.15) is 0 Å². The van der Waals surface area contributed by atoms with Crippen LogP contribution in [0.4, 0.5) is 5.69 Å². The van der Waals surface area contributed by atoms with Crippen molar-refractivity contribution in [3.8, 4) is 5.75 Å². The van der Waals surface area contributed by atoms with E-state index in [9.17, 15) is 13.2 Å². The Hall–Kier alpha value is -2.42. The van der Waals surface area contributed by atoms with Gasteiger partial charge in [0, 0.05) is 26.1 Å². The van der Waals surface area contributed by atoms with Crippen LogP contribution in [0, 0.1) is 0 Å². The van der Waals surface area contributed by atoms with Gasteiger partial charge in [0.1, 0.15) is 5.75 Å². The Bertz CT molecular complexity index is 1060. The topological polar surface area (TPSA) is 79.0 Å². The molecule has 0 atom stereocenters. The highest BCUT2D eigenvalue weighted by molar-refractivity contribution is 7.89. The first-order valence-electron chi connectivity index (χ1n) is 11.2. The first-order chi connectivity index (χ1) is 15.5. The maximum atomic E-state index is 13.0. The molecule has 0 unspecified atom stereocenters. The molecular formula is C24H31N3O4S. The smallest absolute Gasteiger partial charge is 0.240 e. The van der Waals surface area contributed by atoms with Gasteiger partial charge in [-0.25, -0.2) is 13.1 Å². The van der Waals surface area contributed by atoms with E-state index in [0.717, 1.165) is 31.6 Å². The van der Waals surface area contributed by atoms with Gasteiger partial charge in [-0.05, 0) is 61.7 Å². The van der Waals surface area contributed by atoms with E-state index in [-0.39, 0.29) is 17.3 Å². The summed E-state index contributed by atoms with van der Waals surface area (Å²) in [7, 11) is -2.23. The molecule has 1 N–H and O–H groups in total. The van der Waals surface area contributed by atoms with Crippen molar-refractivity contribution in [3.63, 3.8) is 0 Å². The van der Waals surface area contributed by atoms with Gasteiger partial charge < -0.3 is 9.64 Å². The quantitative estimate of drug-likeness (QED) is 0.658. The van der Waals surface area contributed by atoms with E-state index in [2.05, 4.69) is 21.8 Å². The molecule has 0 bridgehead atoms. The van der Waals surface area contributed by atoms with E-state index in [0.29, 0.717) is 24.4 Å². The lowest BCUT2D eigenvalue weighted by Crippen LogP contribution is -2.29. The second-order valence-electron chi connectivity index (χ2n) is 8.46. The van der Waals surface area contributed by atoms with Crippen molar-refractivity contribution in [1.82, 2.24) is 9.62 Å². The maximum absolute atomic E-state index is 13.0. The number of sulfonamides is 1. The second-order valence-corrected chi connectivity index (χ2v) is 10.2. The monoisotopic (exact) mass is 457 g/mol. The number of carbonyl (C=O) groups excluding carboxylic acids is 1. The lowest BCUT2D eigenvalue weighted by atomic mass is 10.1. The third-order valence-corrected chi connectivity index (χ3v) is 7.54. The molecule has 2 saturated heterocycles. The molecule has 1 amide bonds. The Balaban J connectivity index is 1.46. The summed E-state index contributed by atoms with van der Waals surface area (Å²) in [6.07, 6.45) is 5.01. The molecule has 2 aromatic carbocycles. The van der Waals surface area contributed by atoms with Crippen LogP contribution in [0.5, 0.6) is 5.75 Å². The third-order valence-electron chi connectivity index (χ3n) is 6.14. The molecule has 32 heavy (non-hydrogen) atoms. The van der Waals surface area contributed by atoms with Crippen molar-refractivity contribution >= 4 is 21.6 Å². The molecule has 0 spiro atoms. The summed E-state index contributed by atoms with van der Waals surface area (Å²) < 4.78 is 34.1. The van der Waals surface area contributed by atoms with Crippen molar-refractivity contribution in [2.24, 2.45) is 0 Å². The molecule has 0 saturated carbocycles. The van der Waals surface area contributed by atoms with Gasteiger partial charge in [0.2, 0.25) is 15.9 Å². The number of piperidine rings is 1. The second kappa shape index (κ2) is 10.0. The fourth-order valence-corrected chi connectivity index (χ4v) is 5.46. The summed E-state index contributed by atoms with van der Waals surface area (Å²) in [6, 6.07) is 12.7. The molecule has 172 valence electrons.